The third-order valence-electron chi connectivity index (χ3n) is 5.00. The Morgan fingerprint density at radius 1 is 1.00 bits per heavy atom. The second-order valence-corrected chi connectivity index (χ2v) is 6.98. The highest BCUT2D eigenvalue weighted by atomic mass is 16.5. The Hall–Kier alpha value is -1.64. The normalized spacial score (nSPS) is 32.3. The maximum absolute atomic E-state index is 12.2. The maximum atomic E-state index is 12.2. The molecule has 23 heavy (non-hydrogen) atoms. The lowest BCUT2D eigenvalue weighted by Crippen LogP contribution is -2.12. The summed E-state index contributed by atoms with van der Waals surface area (Å²) in [7, 11) is 0. The number of carbonyl (C=O) groups is 2. The first-order valence-electron chi connectivity index (χ1n) is 8.64. The molecule has 0 saturated heterocycles. The average molecular weight is 316 g/mol. The van der Waals surface area contributed by atoms with Crippen LogP contribution >= 0.6 is 0 Å². The highest BCUT2D eigenvalue weighted by Gasteiger charge is 2.29. The molecule has 0 N–H and O–H groups in total. The number of rotatable bonds is 0. The summed E-state index contributed by atoms with van der Waals surface area (Å²) in [5, 5.41) is 0. The molecule has 2 aliphatic rings. The van der Waals surface area contributed by atoms with Crippen molar-refractivity contribution in [3.8, 4) is 0 Å². The standard InChI is InChI=1S/C20H28O3/c1-13-6-5-7-15(3)18(21)11-9-14(2)12-19-17(10-8-13)16(4)20(22)23-19/h6,12,15,19H,5,7-11H2,1-4H3/b13-6+,14-12+/t15-,19+/m1/s1. The van der Waals surface area contributed by atoms with Gasteiger partial charge in [0.1, 0.15) is 11.9 Å². The molecule has 0 aromatic rings. The van der Waals surface area contributed by atoms with Crippen LogP contribution in [0.2, 0.25) is 0 Å². The monoisotopic (exact) mass is 316 g/mol. The quantitative estimate of drug-likeness (QED) is 0.481. The van der Waals surface area contributed by atoms with Crippen molar-refractivity contribution in [1.82, 2.24) is 0 Å². The predicted octanol–water partition coefficient (Wildman–Crippen LogP) is 4.68. The van der Waals surface area contributed by atoms with Gasteiger partial charge in [0.05, 0.1) is 0 Å². The summed E-state index contributed by atoms with van der Waals surface area (Å²) >= 11 is 0. The fraction of sp³-hybridized carbons (Fsp3) is 0.600. The Bertz CT molecular complexity index is 578. The van der Waals surface area contributed by atoms with Gasteiger partial charge < -0.3 is 4.74 Å². The van der Waals surface area contributed by atoms with Crippen molar-refractivity contribution < 1.29 is 14.3 Å². The Balaban J connectivity index is 2.23. The van der Waals surface area contributed by atoms with E-state index in [0.717, 1.165) is 48.8 Å². The lowest BCUT2D eigenvalue weighted by Gasteiger charge is -2.14. The van der Waals surface area contributed by atoms with Gasteiger partial charge >= 0.3 is 5.97 Å². The molecule has 0 aromatic heterocycles. The van der Waals surface area contributed by atoms with E-state index in [9.17, 15) is 9.59 Å². The van der Waals surface area contributed by atoms with E-state index >= 15 is 0 Å². The van der Waals surface area contributed by atoms with Crippen LogP contribution in [0.3, 0.4) is 0 Å². The minimum absolute atomic E-state index is 0.122. The van der Waals surface area contributed by atoms with Crippen LogP contribution in [0.1, 0.15) is 66.2 Å². The van der Waals surface area contributed by atoms with Crippen LogP contribution in [0.4, 0.5) is 0 Å². The number of ether oxygens (including phenoxy) is 1. The zero-order valence-electron chi connectivity index (χ0n) is 14.8. The number of hydrogen-bond acceptors (Lipinski definition) is 3. The number of ketones is 1. The molecule has 2 atom stereocenters. The Morgan fingerprint density at radius 3 is 2.43 bits per heavy atom. The predicted molar refractivity (Wildman–Crippen MR) is 92.0 cm³/mol. The van der Waals surface area contributed by atoms with E-state index in [1.165, 1.54) is 5.57 Å². The third-order valence-corrected chi connectivity index (χ3v) is 5.00. The molecule has 0 unspecified atom stereocenters. The topological polar surface area (TPSA) is 43.4 Å². The minimum atomic E-state index is -0.245. The molecule has 3 heteroatoms. The van der Waals surface area contributed by atoms with Crippen LogP contribution in [0.15, 0.2) is 34.4 Å². The smallest absolute Gasteiger partial charge is 0.334 e. The number of fused-ring (bicyclic) bond motifs is 1. The largest absolute Gasteiger partial charge is 0.450 e. The van der Waals surface area contributed by atoms with E-state index in [4.69, 9.17) is 4.74 Å². The van der Waals surface area contributed by atoms with Crippen LogP contribution in [-0.4, -0.2) is 17.9 Å². The lowest BCUT2D eigenvalue weighted by atomic mass is 9.92. The molecule has 2 rings (SSSR count). The first-order chi connectivity index (χ1) is 10.9. The minimum Gasteiger partial charge on any atom is -0.450 e. The number of esters is 1. The van der Waals surface area contributed by atoms with Crippen LogP contribution in [-0.2, 0) is 14.3 Å². The summed E-state index contributed by atoms with van der Waals surface area (Å²) in [5.74, 6) is 0.248. The summed E-state index contributed by atoms with van der Waals surface area (Å²) in [6, 6.07) is 0. The summed E-state index contributed by atoms with van der Waals surface area (Å²) in [4.78, 5) is 24.1. The molecule has 0 radical (unpaired) electrons. The second kappa shape index (κ2) is 7.76. The molecular formula is C20H28O3. The molecule has 0 saturated carbocycles. The first-order valence-corrected chi connectivity index (χ1v) is 8.64. The van der Waals surface area contributed by atoms with Crippen molar-refractivity contribution in [3.05, 3.63) is 34.4 Å². The fourth-order valence-electron chi connectivity index (χ4n) is 3.17. The summed E-state index contributed by atoms with van der Waals surface area (Å²) in [5.41, 5.74) is 4.29. The van der Waals surface area contributed by atoms with Crippen molar-refractivity contribution in [2.75, 3.05) is 0 Å². The molecule has 0 bridgehead atoms. The molecule has 0 spiro atoms. The van der Waals surface area contributed by atoms with Gasteiger partial charge in [0.25, 0.3) is 0 Å². The zero-order chi connectivity index (χ0) is 17.0. The Kier molecular flexibility index (Phi) is 5.97. The molecule has 1 aliphatic carbocycles. The fourth-order valence-corrected chi connectivity index (χ4v) is 3.17. The summed E-state index contributed by atoms with van der Waals surface area (Å²) in [6.45, 7) is 8.03. The molecule has 1 heterocycles. The molecule has 0 amide bonds. The molecule has 0 aromatic carbocycles. The van der Waals surface area contributed by atoms with Crippen molar-refractivity contribution in [2.45, 2.75) is 72.3 Å². The van der Waals surface area contributed by atoms with E-state index in [2.05, 4.69) is 13.0 Å². The molecule has 126 valence electrons. The first kappa shape index (κ1) is 17.7. The van der Waals surface area contributed by atoms with E-state index in [0.29, 0.717) is 12.2 Å². The molecule has 3 nitrogen and oxygen atoms in total. The zero-order valence-corrected chi connectivity index (χ0v) is 14.8. The summed E-state index contributed by atoms with van der Waals surface area (Å²) in [6.07, 6.45) is 9.01. The van der Waals surface area contributed by atoms with Gasteiger partial charge in [-0.2, -0.15) is 0 Å². The third kappa shape index (κ3) is 4.66. The summed E-state index contributed by atoms with van der Waals surface area (Å²) < 4.78 is 5.50. The van der Waals surface area contributed by atoms with Gasteiger partial charge in [-0.1, -0.05) is 24.1 Å². The van der Waals surface area contributed by atoms with Gasteiger partial charge in [0.15, 0.2) is 0 Å². The second-order valence-electron chi connectivity index (χ2n) is 6.98. The van der Waals surface area contributed by atoms with Crippen molar-refractivity contribution in [2.24, 2.45) is 5.92 Å². The van der Waals surface area contributed by atoms with Gasteiger partial charge in [0.2, 0.25) is 0 Å². The van der Waals surface area contributed by atoms with E-state index < -0.39 is 0 Å². The van der Waals surface area contributed by atoms with E-state index in [-0.39, 0.29) is 18.0 Å². The number of hydrogen-bond donors (Lipinski definition) is 0. The van der Waals surface area contributed by atoms with Crippen molar-refractivity contribution in [3.63, 3.8) is 0 Å². The Labute approximate surface area is 139 Å². The SMILES string of the molecule is CC1=C2CC/C(C)=C/CC[C@@H](C)C(=O)CC/C(C)=C/[C@@H]2OC1=O. The number of carbonyl (C=O) groups excluding carboxylic acids is 2. The van der Waals surface area contributed by atoms with Gasteiger partial charge in [-0.25, -0.2) is 4.79 Å². The van der Waals surface area contributed by atoms with Crippen LogP contribution < -0.4 is 0 Å². The highest BCUT2D eigenvalue weighted by molar-refractivity contribution is 5.92. The lowest BCUT2D eigenvalue weighted by molar-refractivity contribution is -0.138. The molecule has 0 fully saturated rings. The Morgan fingerprint density at radius 2 is 1.70 bits per heavy atom. The van der Waals surface area contributed by atoms with E-state index in [1.807, 2.05) is 26.8 Å². The molecular weight excluding hydrogens is 288 g/mol. The van der Waals surface area contributed by atoms with Crippen LogP contribution in [0, 0.1) is 5.92 Å². The van der Waals surface area contributed by atoms with Gasteiger partial charge in [-0.3, -0.25) is 4.79 Å². The highest BCUT2D eigenvalue weighted by Crippen LogP contribution is 2.30. The maximum Gasteiger partial charge on any atom is 0.334 e. The van der Waals surface area contributed by atoms with Crippen molar-refractivity contribution >= 4 is 11.8 Å². The van der Waals surface area contributed by atoms with Gasteiger partial charge in [-0.05, 0) is 64.5 Å². The van der Waals surface area contributed by atoms with Crippen LogP contribution in [0.25, 0.3) is 0 Å². The average Bonchev–Trinajstić information content (AvgIpc) is 2.76. The van der Waals surface area contributed by atoms with E-state index in [1.54, 1.807) is 0 Å². The molecule has 1 aliphatic heterocycles. The van der Waals surface area contributed by atoms with Gasteiger partial charge in [-0.15, -0.1) is 0 Å². The van der Waals surface area contributed by atoms with Gasteiger partial charge in [0, 0.05) is 17.9 Å². The van der Waals surface area contributed by atoms with Crippen LogP contribution in [0.5, 0.6) is 0 Å². The number of allylic oxidation sites excluding steroid dienone is 3. The van der Waals surface area contributed by atoms with Crippen molar-refractivity contribution in [1.29, 1.82) is 0 Å². The number of Topliss-reactive ketones (excluding diaryl/α,β-unsaturated/α-hetero) is 1.